The Hall–Kier alpha value is -1.02. The predicted octanol–water partition coefficient (Wildman–Crippen LogP) is 2.75. The fourth-order valence-corrected chi connectivity index (χ4v) is 2.89. The van der Waals surface area contributed by atoms with E-state index >= 15 is 0 Å². The highest BCUT2D eigenvalue weighted by Gasteiger charge is 2.18. The van der Waals surface area contributed by atoms with Gasteiger partial charge < -0.3 is 10.2 Å². The number of hydrogen-bond acceptors (Lipinski definition) is 2. The van der Waals surface area contributed by atoms with Crippen molar-refractivity contribution >= 4 is 5.69 Å². The zero-order chi connectivity index (χ0) is 12.3. The maximum Gasteiger partial charge on any atom is 0.0426 e. The molecule has 2 heteroatoms. The third-order valence-corrected chi connectivity index (χ3v) is 3.74. The minimum atomic E-state index is 0.671. The molecule has 2 rings (SSSR count). The molecule has 0 saturated carbocycles. The van der Waals surface area contributed by atoms with Crippen LogP contribution in [0.2, 0.25) is 0 Å². The molecule has 17 heavy (non-hydrogen) atoms. The molecule has 1 unspecified atom stereocenters. The molecule has 2 nitrogen and oxygen atoms in total. The Bertz CT molecular complexity index is 367. The van der Waals surface area contributed by atoms with Crippen molar-refractivity contribution in [2.75, 3.05) is 25.0 Å². The maximum absolute atomic E-state index is 3.57. The first-order valence-corrected chi connectivity index (χ1v) is 6.75. The topological polar surface area (TPSA) is 15.3 Å². The van der Waals surface area contributed by atoms with E-state index in [9.17, 15) is 0 Å². The van der Waals surface area contributed by atoms with Gasteiger partial charge in [-0.3, -0.25) is 0 Å². The minimum absolute atomic E-state index is 0.671. The van der Waals surface area contributed by atoms with Gasteiger partial charge >= 0.3 is 0 Å². The van der Waals surface area contributed by atoms with Crippen LogP contribution in [0.4, 0.5) is 5.69 Å². The summed E-state index contributed by atoms with van der Waals surface area (Å²) in [7, 11) is 2.22. The van der Waals surface area contributed by atoms with Gasteiger partial charge in [0.15, 0.2) is 0 Å². The van der Waals surface area contributed by atoms with Gasteiger partial charge in [-0.1, -0.05) is 25.1 Å². The van der Waals surface area contributed by atoms with E-state index in [1.807, 2.05) is 0 Å². The number of rotatable bonds is 4. The van der Waals surface area contributed by atoms with Crippen LogP contribution in [0.5, 0.6) is 0 Å². The number of para-hydroxylation sites is 1. The monoisotopic (exact) mass is 232 g/mol. The van der Waals surface area contributed by atoms with Gasteiger partial charge in [0.05, 0.1) is 0 Å². The molecule has 0 aromatic heterocycles. The summed E-state index contributed by atoms with van der Waals surface area (Å²) in [5.74, 6) is 0. The van der Waals surface area contributed by atoms with Crippen molar-refractivity contribution in [3.8, 4) is 0 Å². The van der Waals surface area contributed by atoms with Crippen LogP contribution < -0.4 is 10.2 Å². The molecule has 0 aliphatic carbocycles. The van der Waals surface area contributed by atoms with Crippen molar-refractivity contribution in [1.29, 1.82) is 0 Å². The lowest BCUT2D eigenvalue weighted by Crippen LogP contribution is -2.36. The molecule has 1 N–H and O–H groups in total. The SMILES string of the molecule is CCc1cccc(C)c1N(C)CC1CCCN1. The molecule has 1 aliphatic rings. The van der Waals surface area contributed by atoms with Crippen molar-refractivity contribution in [2.45, 2.75) is 39.2 Å². The molecule has 1 atom stereocenters. The number of benzene rings is 1. The quantitative estimate of drug-likeness (QED) is 0.858. The van der Waals surface area contributed by atoms with Crippen LogP contribution in [-0.2, 0) is 6.42 Å². The standard InChI is InChI=1S/C15H24N2/c1-4-13-8-5-7-12(2)15(13)17(3)11-14-9-6-10-16-14/h5,7-8,14,16H,4,6,9-11H2,1-3H3. The molecule has 1 fully saturated rings. The summed E-state index contributed by atoms with van der Waals surface area (Å²) in [5, 5.41) is 3.57. The normalized spacial score (nSPS) is 19.6. The van der Waals surface area contributed by atoms with Crippen LogP contribution in [0.25, 0.3) is 0 Å². The Morgan fingerprint density at radius 3 is 2.88 bits per heavy atom. The van der Waals surface area contributed by atoms with Gasteiger partial charge in [-0.05, 0) is 43.9 Å². The van der Waals surface area contributed by atoms with E-state index in [1.165, 1.54) is 36.2 Å². The van der Waals surface area contributed by atoms with Gasteiger partial charge in [0.25, 0.3) is 0 Å². The molecular formula is C15H24N2. The predicted molar refractivity (Wildman–Crippen MR) is 74.9 cm³/mol. The minimum Gasteiger partial charge on any atom is -0.373 e. The van der Waals surface area contributed by atoms with E-state index in [2.05, 4.69) is 49.3 Å². The highest BCUT2D eigenvalue weighted by atomic mass is 15.1. The van der Waals surface area contributed by atoms with Gasteiger partial charge in [-0.2, -0.15) is 0 Å². The van der Waals surface area contributed by atoms with Gasteiger partial charge in [0, 0.05) is 25.3 Å². The van der Waals surface area contributed by atoms with Gasteiger partial charge in [0.2, 0.25) is 0 Å². The van der Waals surface area contributed by atoms with Crippen LogP contribution >= 0.6 is 0 Å². The van der Waals surface area contributed by atoms with Gasteiger partial charge in [-0.25, -0.2) is 0 Å². The zero-order valence-corrected chi connectivity index (χ0v) is 11.3. The van der Waals surface area contributed by atoms with Crippen molar-refractivity contribution in [3.63, 3.8) is 0 Å². The van der Waals surface area contributed by atoms with E-state index < -0.39 is 0 Å². The van der Waals surface area contributed by atoms with Crippen LogP contribution in [0.1, 0.15) is 30.9 Å². The third kappa shape index (κ3) is 2.81. The van der Waals surface area contributed by atoms with Gasteiger partial charge in [0.1, 0.15) is 0 Å². The molecule has 1 aliphatic heterocycles. The second kappa shape index (κ2) is 5.54. The first-order chi connectivity index (χ1) is 8.22. The van der Waals surface area contributed by atoms with Crippen molar-refractivity contribution in [3.05, 3.63) is 29.3 Å². The maximum atomic E-state index is 3.57. The van der Waals surface area contributed by atoms with Gasteiger partial charge in [-0.15, -0.1) is 0 Å². The smallest absolute Gasteiger partial charge is 0.0426 e. The Morgan fingerprint density at radius 2 is 2.24 bits per heavy atom. The van der Waals surface area contributed by atoms with E-state index in [-0.39, 0.29) is 0 Å². The summed E-state index contributed by atoms with van der Waals surface area (Å²) in [6.07, 6.45) is 3.75. The first-order valence-electron chi connectivity index (χ1n) is 6.75. The molecule has 0 radical (unpaired) electrons. The molecule has 1 aromatic carbocycles. The summed E-state index contributed by atoms with van der Waals surface area (Å²) in [6.45, 7) is 6.76. The fraction of sp³-hybridized carbons (Fsp3) is 0.600. The second-order valence-corrected chi connectivity index (χ2v) is 5.11. The number of hydrogen-bond donors (Lipinski definition) is 1. The summed E-state index contributed by atoms with van der Waals surface area (Å²) in [6, 6.07) is 7.30. The Kier molecular flexibility index (Phi) is 4.06. The fourth-order valence-electron chi connectivity index (χ4n) is 2.89. The average Bonchev–Trinajstić information content (AvgIpc) is 2.81. The number of nitrogens with one attached hydrogen (secondary N) is 1. The van der Waals surface area contributed by atoms with Crippen LogP contribution in [0, 0.1) is 6.92 Å². The van der Waals surface area contributed by atoms with Crippen LogP contribution in [0.3, 0.4) is 0 Å². The summed E-state index contributed by atoms with van der Waals surface area (Å²) in [4.78, 5) is 2.43. The van der Waals surface area contributed by atoms with Crippen molar-refractivity contribution in [1.82, 2.24) is 5.32 Å². The lowest BCUT2D eigenvalue weighted by Gasteiger charge is -2.27. The molecule has 1 heterocycles. The van der Waals surface area contributed by atoms with E-state index in [4.69, 9.17) is 0 Å². The summed E-state index contributed by atoms with van der Waals surface area (Å²) in [5.41, 5.74) is 4.29. The van der Waals surface area contributed by atoms with Crippen molar-refractivity contribution < 1.29 is 0 Å². The lowest BCUT2D eigenvalue weighted by atomic mass is 10.0. The third-order valence-electron chi connectivity index (χ3n) is 3.74. The number of aryl methyl sites for hydroxylation is 2. The summed E-state index contributed by atoms with van der Waals surface area (Å²) < 4.78 is 0. The Labute approximate surface area is 105 Å². The van der Waals surface area contributed by atoms with E-state index in [0.717, 1.165) is 13.0 Å². The summed E-state index contributed by atoms with van der Waals surface area (Å²) >= 11 is 0. The largest absolute Gasteiger partial charge is 0.373 e. The Balaban J connectivity index is 2.14. The second-order valence-electron chi connectivity index (χ2n) is 5.11. The first kappa shape index (κ1) is 12.4. The van der Waals surface area contributed by atoms with E-state index in [0.29, 0.717) is 6.04 Å². The highest BCUT2D eigenvalue weighted by Crippen LogP contribution is 2.25. The van der Waals surface area contributed by atoms with E-state index in [1.54, 1.807) is 0 Å². The number of anilines is 1. The lowest BCUT2D eigenvalue weighted by molar-refractivity contribution is 0.598. The van der Waals surface area contributed by atoms with Crippen LogP contribution in [0.15, 0.2) is 18.2 Å². The molecule has 94 valence electrons. The molecule has 0 spiro atoms. The highest BCUT2D eigenvalue weighted by molar-refractivity contribution is 5.59. The molecule has 1 saturated heterocycles. The number of nitrogens with zero attached hydrogens (tertiary/aromatic N) is 1. The zero-order valence-electron chi connectivity index (χ0n) is 11.3. The molecule has 0 bridgehead atoms. The average molecular weight is 232 g/mol. The number of likely N-dealkylation sites (N-methyl/N-ethyl adjacent to an activating group) is 1. The molecule has 1 aromatic rings. The molecular weight excluding hydrogens is 208 g/mol. The Morgan fingerprint density at radius 1 is 1.41 bits per heavy atom. The van der Waals surface area contributed by atoms with Crippen molar-refractivity contribution in [2.24, 2.45) is 0 Å². The van der Waals surface area contributed by atoms with Crippen LogP contribution in [-0.4, -0.2) is 26.2 Å². The molecule has 0 amide bonds.